The summed E-state index contributed by atoms with van der Waals surface area (Å²) in [6.07, 6.45) is 4.56. The second kappa shape index (κ2) is 14.7. The van der Waals surface area contributed by atoms with Gasteiger partial charge in [-0.1, -0.05) is 116 Å². The number of unbranched alkanes of at least 4 members (excludes halogenated alkanes) is 3. The summed E-state index contributed by atoms with van der Waals surface area (Å²) < 4.78 is 0. The summed E-state index contributed by atoms with van der Waals surface area (Å²) in [5.41, 5.74) is 4.07. The van der Waals surface area contributed by atoms with Gasteiger partial charge in [-0.15, -0.1) is 0 Å². The zero-order valence-electron chi connectivity index (χ0n) is 21.0. The Balaban J connectivity index is 1.53. The number of rotatable bonds is 6. The molecule has 0 heterocycles. The van der Waals surface area contributed by atoms with E-state index in [0.29, 0.717) is 0 Å². The summed E-state index contributed by atoms with van der Waals surface area (Å²) in [5.74, 6) is 16.8. The zero-order valence-corrected chi connectivity index (χ0v) is 22.6. The molecule has 0 N–H and O–H groups in total. The average molecular weight is 513 g/mol. The summed E-state index contributed by atoms with van der Waals surface area (Å²) in [6, 6.07) is 34.9. The van der Waals surface area contributed by atoms with Gasteiger partial charge in [-0.3, -0.25) is 0 Å². The minimum atomic E-state index is 0.946. The van der Waals surface area contributed by atoms with E-state index in [1.54, 1.807) is 11.8 Å². The molecule has 4 aromatic carbocycles. The number of benzene rings is 4. The second-order valence-electron chi connectivity index (χ2n) is 8.29. The van der Waals surface area contributed by atoms with Crippen LogP contribution >= 0.6 is 23.5 Å². The molecular weight excluding hydrogens is 485 g/mol. The van der Waals surface area contributed by atoms with Crippen molar-refractivity contribution < 1.29 is 0 Å². The van der Waals surface area contributed by atoms with Crippen LogP contribution < -0.4 is 0 Å². The summed E-state index contributed by atoms with van der Waals surface area (Å²) in [6.45, 7) is 2.22. The monoisotopic (exact) mass is 512 g/mol. The molecule has 4 rings (SSSR count). The van der Waals surface area contributed by atoms with Crippen LogP contribution in [0.4, 0.5) is 0 Å². The molecule has 0 nitrogen and oxygen atoms in total. The van der Waals surface area contributed by atoms with E-state index in [-0.39, 0.29) is 0 Å². The number of thioether (sulfide) groups is 1. The van der Waals surface area contributed by atoms with E-state index in [0.717, 1.165) is 49.8 Å². The van der Waals surface area contributed by atoms with Crippen LogP contribution in [0.1, 0.15) is 54.9 Å². The third-order valence-electron chi connectivity index (χ3n) is 5.47. The Bertz CT molecular complexity index is 1500. The van der Waals surface area contributed by atoms with Gasteiger partial charge in [0.1, 0.15) is 0 Å². The fraction of sp³-hybridized carbons (Fsp3) is 0.143. The van der Waals surface area contributed by atoms with E-state index >= 15 is 0 Å². The number of hydrogen-bond acceptors (Lipinski definition) is 2. The highest BCUT2D eigenvalue weighted by atomic mass is 32.2. The molecule has 0 aromatic heterocycles. The predicted octanol–water partition coefficient (Wildman–Crippen LogP) is 9.27. The first-order valence-corrected chi connectivity index (χ1v) is 14.2. The van der Waals surface area contributed by atoms with Crippen LogP contribution in [0.2, 0.25) is 0 Å². The molecule has 0 amide bonds. The molecule has 37 heavy (non-hydrogen) atoms. The van der Waals surface area contributed by atoms with E-state index in [1.807, 2.05) is 48.5 Å². The quantitative estimate of drug-likeness (QED) is 0.143. The first-order valence-electron chi connectivity index (χ1n) is 12.5. The molecule has 0 aliphatic rings. The van der Waals surface area contributed by atoms with Crippen molar-refractivity contribution in [2.45, 2.75) is 47.3 Å². The van der Waals surface area contributed by atoms with E-state index in [4.69, 9.17) is 0 Å². The van der Waals surface area contributed by atoms with E-state index in [2.05, 4.69) is 96.4 Å². The van der Waals surface area contributed by atoms with Gasteiger partial charge in [0, 0.05) is 43.4 Å². The summed E-state index contributed by atoms with van der Waals surface area (Å²) >= 11 is 3.24. The fourth-order valence-electron chi connectivity index (χ4n) is 3.51. The Labute approximate surface area is 230 Å². The van der Waals surface area contributed by atoms with Crippen LogP contribution in [0.3, 0.4) is 0 Å². The maximum atomic E-state index is 3.42. The summed E-state index contributed by atoms with van der Waals surface area (Å²) in [5, 5.41) is 3.22. The summed E-state index contributed by atoms with van der Waals surface area (Å²) in [7, 11) is 0. The lowest BCUT2D eigenvalue weighted by Gasteiger charge is -2.07. The lowest BCUT2D eigenvalue weighted by Crippen LogP contribution is -1.85. The molecule has 0 bridgehead atoms. The fourth-order valence-corrected chi connectivity index (χ4v) is 5.15. The number of hydrogen-bond donors (Lipinski definition) is 0. The second-order valence-corrected chi connectivity index (χ2v) is 10.2. The van der Waals surface area contributed by atoms with Gasteiger partial charge in [-0.05, 0) is 72.0 Å². The Kier molecular flexibility index (Phi) is 10.5. The van der Waals surface area contributed by atoms with E-state index < -0.39 is 0 Å². The SMILES string of the molecule is CCCCCC#Cc1ccccc1Sc1ccccc1C#Cc1ccccc1SC#Cc1ccccc1. The van der Waals surface area contributed by atoms with Gasteiger partial charge in [0.2, 0.25) is 0 Å². The molecular formula is C35H28S2. The summed E-state index contributed by atoms with van der Waals surface area (Å²) in [4.78, 5) is 3.35. The van der Waals surface area contributed by atoms with Crippen LogP contribution in [0.25, 0.3) is 0 Å². The smallest absolute Gasteiger partial charge is 0.0394 e. The molecule has 0 saturated heterocycles. The Morgan fingerprint density at radius 2 is 1.08 bits per heavy atom. The van der Waals surface area contributed by atoms with Crippen LogP contribution in [0, 0.1) is 34.9 Å². The largest absolute Gasteiger partial charge is 0.0979 e. The van der Waals surface area contributed by atoms with Gasteiger partial charge < -0.3 is 0 Å². The molecule has 2 heteroatoms. The van der Waals surface area contributed by atoms with Crippen molar-refractivity contribution in [1.82, 2.24) is 0 Å². The van der Waals surface area contributed by atoms with Gasteiger partial charge in [0.05, 0.1) is 0 Å². The van der Waals surface area contributed by atoms with Gasteiger partial charge >= 0.3 is 0 Å². The normalized spacial score (nSPS) is 9.76. The van der Waals surface area contributed by atoms with E-state index in [9.17, 15) is 0 Å². The molecule has 0 aliphatic carbocycles. The third-order valence-corrected chi connectivity index (χ3v) is 7.40. The maximum absolute atomic E-state index is 3.42. The van der Waals surface area contributed by atoms with E-state index in [1.165, 1.54) is 24.6 Å². The first kappa shape index (κ1) is 26.3. The molecule has 4 aromatic rings. The van der Waals surface area contributed by atoms with Crippen molar-refractivity contribution in [2.75, 3.05) is 0 Å². The van der Waals surface area contributed by atoms with Crippen LogP contribution in [-0.4, -0.2) is 0 Å². The van der Waals surface area contributed by atoms with Crippen molar-refractivity contribution in [3.8, 4) is 34.9 Å². The lowest BCUT2D eigenvalue weighted by molar-refractivity contribution is 0.737. The third kappa shape index (κ3) is 8.41. The van der Waals surface area contributed by atoms with Crippen molar-refractivity contribution >= 4 is 23.5 Å². The Morgan fingerprint density at radius 1 is 0.541 bits per heavy atom. The predicted molar refractivity (Wildman–Crippen MR) is 160 cm³/mol. The molecule has 0 spiro atoms. The van der Waals surface area contributed by atoms with Crippen molar-refractivity contribution in [2.24, 2.45) is 0 Å². The van der Waals surface area contributed by atoms with Gasteiger partial charge in [0.15, 0.2) is 0 Å². The van der Waals surface area contributed by atoms with Crippen molar-refractivity contribution in [1.29, 1.82) is 0 Å². The highest BCUT2D eigenvalue weighted by molar-refractivity contribution is 8.04. The Hall–Kier alpha value is -3.74. The molecule has 0 radical (unpaired) electrons. The molecule has 180 valence electrons. The van der Waals surface area contributed by atoms with Gasteiger partial charge in [0.25, 0.3) is 0 Å². The topological polar surface area (TPSA) is 0 Å². The molecule has 0 aliphatic heterocycles. The van der Waals surface area contributed by atoms with Crippen molar-refractivity contribution in [3.05, 3.63) is 125 Å². The first-order chi connectivity index (χ1) is 18.3. The molecule has 0 fully saturated rings. The van der Waals surface area contributed by atoms with Gasteiger partial charge in [-0.2, -0.15) is 0 Å². The molecule has 0 atom stereocenters. The average Bonchev–Trinajstić information content (AvgIpc) is 2.94. The van der Waals surface area contributed by atoms with Crippen LogP contribution in [0.5, 0.6) is 0 Å². The lowest BCUT2D eigenvalue weighted by atomic mass is 10.2. The van der Waals surface area contributed by atoms with Crippen molar-refractivity contribution in [3.63, 3.8) is 0 Å². The molecule has 0 unspecified atom stereocenters. The maximum Gasteiger partial charge on any atom is 0.0394 e. The van der Waals surface area contributed by atoms with Crippen LogP contribution in [0.15, 0.2) is 118 Å². The van der Waals surface area contributed by atoms with Crippen LogP contribution in [-0.2, 0) is 0 Å². The molecule has 0 saturated carbocycles. The Morgan fingerprint density at radius 3 is 1.73 bits per heavy atom. The highest BCUT2D eigenvalue weighted by Gasteiger charge is 2.06. The zero-order chi connectivity index (χ0) is 25.5. The van der Waals surface area contributed by atoms with Gasteiger partial charge in [-0.25, -0.2) is 0 Å². The standard InChI is InChI=1S/C35H28S2/c1-2-3-4-5-9-18-30-19-11-14-23-34(30)37-35-24-15-12-21-32(35)26-25-31-20-10-13-22-33(31)36-28-27-29-16-7-6-8-17-29/h6-8,10-17,19-24H,2-5H2,1H3. The highest BCUT2D eigenvalue weighted by Crippen LogP contribution is 2.32. The minimum Gasteiger partial charge on any atom is -0.0979 e. The minimum absolute atomic E-state index is 0.946.